The van der Waals surface area contributed by atoms with Gasteiger partial charge in [0.2, 0.25) is 0 Å². The second-order valence-corrected chi connectivity index (χ2v) is 7.74. The number of benzene rings is 1. The van der Waals surface area contributed by atoms with Crippen LogP contribution >= 0.6 is 0 Å². The number of aromatic nitrogens is 2. The summed E-state index contributed by atoms with van der Waals surface area (Å²) in [6, 6.07) is 9.89. The van der Waals surface area contributed by atoms with Crippen LogP contribution in [0.15, 0.2) is 30.3 Å². The van der Waals surface area contributed by atoms with E-state index in [2.05, 4.69) is 45.0 Å². The first-order valence-corrected chi connectivity index (χ1v) is 10.2. The molecule has 7 nitrogen and oxygen atoms in total. The summed E-state index contributed by atoms with van der Waals surface area (Å²) in [6.07, 6.45) is 0.952. The third kappa shape index (κ3) is 5.37. The van der Waals surface area contributed by atoms with Gasteiger partial charge in [0, 0.05) is 38.8 Å². The number of anilines is 2. The summed E-state index contributed by atoms with van der Waals surface area (Å²) < 4.78 is 5.49. The molecule has 0 aliphatic carbocycles. The number of nitrogens with zero attached hydrogens (tertiary/aromatic N) is 4. The summed E-state index contributed by atoms with van der Waals surface area (Å²) in [4.78, 5) is 25.9. The minimum Gasteiger partial charge on any atom is -0.495 e. The van der Waals surface area contributed by atoms with Crippen LogP contribution in [0, 0.1) is 12.8 Å². The molecule has 7 heteroatoms. The molecule has 1 N–H and O–H groups in total. The largest absolute Gasteiger partial charge is 0.495 e. The standard InChI is InChI=1S/C22H31N5O2/c1-16(2)9-10-23-22(28)18-15-21(25-17(3)24-18)27-13-11-26(12-14-27)19-7-5-6-8-20(19)29-4/h5-8,15-16H,9-14H2,1-4H3,(H,23,28). The molecule has 2 heterocycles. The molecule has 1 saturated heterocycles. The zero-order valence-corrected chi connectivity index (χ0v) is 17.8. The highest BCUT2D eigenvalue weighted by molar-refractivity contribution is 5.92. The summed E-state index contributed by atoms with van der Waals surface area (Å²) in [6.45, 7) is 10.1. The normalized spacial score (nSPS) is 14.2. The molecule has 1 aliphatic heterocycles. The van der Waals surface area contributed by atoms with E-state index in [1.807, 2.05) is 25.1 Å². The highest BCUT2D eigenvalue weighted by atomic mass is 16.5. The minimum atomic E-state index is -0.134. The molecule has 1 fully saturated rings. The van der Waals surface area contributed by atoms with Gasteiger partial charge < -0.3 is 19.9 Å². The van der Waals surface area contributed by atoms with E-state index in [0.717, 1.165) is 49.9 Å². The molecule has 2 aromatic rings. The molecule has 29 heavy (non-hydrogen) atoms. The highest BCUT2D eigenvalue weighted by Gasteiger charge is 2.22. The molecule has 0 radical (unpaired) electrons. The van der Waals surface area contributed by atoms with E-state index in [1.54, 1.807) is 13.2 Å². The van der Waals surface area contributed by atoms with Crippen molar-refractivity contribution in [2.45, 2.75) is 27.2 Å². The van der Waals surface area contributed by atoms with E-state index < -0.39 is 0 Å². The number of rotatable bonds is 7. The van der Waals surface area contributed by atoms with Crippen molar-refractivity contribution in [1.29, 1.82) is 0 Å². The zero-order valence-electron chi connectivity index (χ0n) is 17.8. The first kappa shape index (κ1) is 20.9. The number of carbonyl (C=O) groups excluding carboxylic acids is 1. The van der Waals surface area contributed by atoms with Crippen LogP contribution in [0.4, 0.5) is 11.5 Å². The van der Waals surface area contributed by atoms with Gasteiger partial charge in [0.25, 0.3) is 5.91 Å². The van der Waals surface area contributed by atoms with Crippen LogP contribution < -0.4 is 19.9 Å². The van der Waals surface area contributed by atoms with Crippen LogP contribution in [0.25, 0.3) is 0 Å². The second kappa shape index (κ2) is 9.58. The Labute approximate surface area is 173 Å². The molecular weight excluding hydrogens is 366 g/mol. The van der Waals surface area contributed by atoms with E-state index in [9.17, 15) is 4.79 Å². The van der Waals surface area contributed by atoms with Crippen LogP contribution in [-0.2, 0) is 0 Å². The van der Waals surface area contributed by atoms with Crippen LogP contribution in [0.3, 0.4) is 0 Å². The van der Waals surface area contributed by atoms with Crippen molar-refractivity contribution in [2.75, 3.05) is 49.6 Å². The van der Waals surface area contributed by atoms with Crippen molar-refractivity contribution in [3.8, 4) is 5.75 Å². The molecule has 1 aromatic heterocycles. The first-order chi connectivity index (χ1) is 14.0. The number of hydrogen-bond acceptors (Lipinski definition) is 6. The maximum Gasteiger partial charge on any atom is 0.270 e. The summed E-state index contributed by atoms with van der Waals surface area (Å²) in [5.41, 5.74) is 1.54. The molecule has 0 atom stereocenters. The average Bonchev–Trinajstić information content (AvgIpc) is 2.73. The maximum atomic E-state index is 12.5. The van der Waals surface area contributed by atoms with E-state index in [-0.39, 0.29) is 5.91 Å². The number of ether oxygens (including phenoxy) is 1. The lowest BCUT2D eigenvalue weighted by atomic mass is 10.1. The van der Waals surface area contributed by atoms with Gasteiger partial charge >= 0.3 is 0 Å². The third-order valence-corrected chi connectivity index (χ3v) is 5.09. The van der Waals surface area contributed by atoms with Gasteiger partial charge in [-0.2, -0.15) is 0 Å². The lowest BCUT2D eigenvalue weighted by molar-refractivity contribution is 0.0946. The first-order valence-electron chi connectivity index (χ1n) is 10.2. The third-order valence-electron chi connectivity index (χ3n) is 5.09. The fourth-order valence-corrected chi connectivity index (χ4v) is 3.46. The van der Waals surface area contributed by atoms with Crippen LogP contribution in [0.2, 0.25) is 0 Å². The van der Waals surface area contributed by atoms with Gasteiger partial charge in [-0.1, -0.05) is 26.0 Å². The fraction of sp³-hybridized carbons (Fsp3) is 0.500. The summed E-state index contributed by atoms with van der Waals surface area (Å²) in [5, 5.41) is 2.96. The SMILES string of the molecule is COc1ccccc1N1CCN(c2cc(C(=O)NCCC(C)C)nc(C)n2)CC1. The Hall–Kier alpha value is -2.83. The van der Waals surface area contributed by atoms with Gasteiger partial charge in [-0.05, 0) is 31.4 Å². The smallest absolute Gasteiger partial charge is 0.270 e. The van der Waals surface area contributed by atoms with Crippen molar-refractivity contribution in [2.24, 2.45) is 5.92 Å². The number of methoxy groups -OCH3 is 1. The van der Waals surface area contributed by atoms with Gasteiger partial charge in [0.15, 0.2) is 0 Å². The van der Waals surface area contributed by atoms with E-state index in [1.165, 1.54) is 0 Å². The van der Waals surface area contributed by atoms with E-state index in [4.69, 9.17) is 4.74 Å². The van der Waals surface area contributed by atoms with Crippen LogP contribution in [0.5, 0.6) is 5.75 Å². The number of hydrogen-bond donors (Lipinski definition) is 1. The molecule has 0 bridgehead atoms. The number of aryl methyl sites for hydroxylation is 1. The Balaban J connectivity index is 1.66. The van der Waals surface area contributed by atoms with Gasteiger partial charge in [-0.25, -0.2) is 9.97 Å². The molecule has 1 aliphatic rings. The predicted molar refractivity (Wildman–Crippen MR) is 116 cm³/mol. The summed E-state index contributed by atoms with van der Waals surface area (Å²) in [7, 11) is 1.70. The fourth-order valence-electron chi connectivity index (χ4n) is 3.46. The topological polar surface area (TPSA) is 70.6 Å². The van der Waals surface area contributed by atoms with Crippen LogP contribution in [-0.4, -0.2) is 55.7 Å². The quantitative estimate of drug-likeness (QED) is 0.775. The predicted octanol–water partition coefficient (Wildman–Crippen LogP) is 2.90. The Morgan fingerprint density at radius 1 is 1.14 bits per heavy atom. The van der Waals surface area contributed by atoms with Crippen LogP contribution in [0.1, 0.15) is 36.6 Å². The molecule has 1 aromatic carbocycles. The van der Waals surface area contributed by atoms with Crippen molar-refractivity contribution < 1.29 is 9.53 Å². The number of nitrogens with one attached hydrogen (secondary N) is 1. The van der Waals surface area contributed by atoms with E-state index in [0.29, 0.717) is 24.0 Å². The average molecular weight is 398 g/mol. The molecule has 3 rings (SSSR count). The van der Waals surface area contributed by atoms with Gasteiger partial charge in [-0.15, -0.1) is 0 Å². The molecule has 156 valence electrons. The van der Waals surface area contributed by atoms with E-state index >= 15 is 0 Å². The maximum absolute atomic E-state index is 12.5. The van der Waals surface area contributed by atoms with Gasteiger partial charge in [-0.3, -0.25) is 4.79 Å². The molecular formula is C22H31N5O2. The van der Waals surface area contributed by atoms with Crippen molar-refractivity contribution in [3.05, 3.63) is 41.9 Å². The molecule has 0 spiro atoms. The second-order valence-electron chi connectivity index (χ2n) is 7.74. The Bertz CT molecular complexity index is 832. The summed E-state index contributed by atoms with van der Waals surface area (Å²) in [5.74, 6) is 2.73. The minimum absolute atomic E-state index is 0.134. The molecule has 0 saturated carbocycles. The Morgan fingerprint density at radius 2 is 1.83 bits per heavy atom. The van der Waals surface area contributed by atoms with Crippen molar-refractivity contribution in [3.63, 3.8) is 0 Å². The number of piperazine rings is 1. The van der Waals surface area contributed by atoms with Crippen molar-refractivity contribution in [1.82, 2.24) is 15.3 Å². The zero-order chi connectivity index (χ0) is 20.8. The van der Waals surface area contributed by atoms with Gasteiger partial charge in [0.05, 0.1) is 12.8 Å². The lowest BCUT2D eigenvalue weighted by Crippen LogP contribution is -2.47. The molecule has 1 amide bonds. The number of amides is 1. The highest BCUT2D eigenvalue weighted by Crippen LogP contribution is 2.29. The number of para-hydroxylation sites is 2. The summed E-state index contributed by atoms with van der Waals surface area (Å²) >= 11 is 0. The number of carbonyl (C=O) groups is 1. The van der Waals surface area contributed by atoms with Gasteiger partial charge in [0.1, 0.15) is 23.1 Å². The monoisotopic (exact) mass is 397 g/mol. The molecule has 0 unspecified atom stereocenters. The van der Waals surface area contributed by atoms with Crippen molar-refractivity contribution >= 4 is 17.4 Å². The lowest BCUT2D eigenvalue weighted by Gasteiger charge is -2.37. The Morgan fingerprint density at radius 3 is 2.52 bits per heavy atom. The Kier molecular flexibility index (Phi) is 6.90.